The Morgan fingerprint density at radius 2 is 2.00 bits per heavy atom. The summed E-state index contributed by atoms with van der Waals surface area (Å²) in [5, 5.41) is 17.5. The Morgan fingerprint density at radius 3 is 2.75 bits per heavy atom. The minimum Gasteiger partial charge on any atom is -0.394 e. The Labute approximate surface area is 144 Å². The molecule has 1 aromatic carbocycles. The lowest BCUT2D eigenvalue weighted by Crippen LogP contribution is -2.33. The van der Waals surface area contributed by atoms with E-state index < -0.39 is 0 Å². The Bertz CT molecular complexity index is 650. The summed E-state index contributed by atoms with van der Waals surface area (Å²) in [5.74, 6) is 0.723. The Hall–Kier alpha value is -1.65. The van der Waals surface area contributed by atoms with E-state index in [-0.39, 0.29) is 6.61 Å². The van der Waals surface area contributed by atoms with Gasteiger partial charge in [0.2, 0.25) is 0 Å². The van der Waals surface area contributed by atoms with Crippen molar-refractivity contribution in [2.75, 3.05) is 6.61 Å². The summed E-state index contributed by atoms with van der Waals surface area (Å²) in [4.78, 5) is 0. The summed E-state index contributed by atoms with van der Waals surface area (Å²) < 4.78 is 1.92. The average Bonchev–Trinajstić information content (AvgIpc) is 3.12. The molecule has 4 nitrogen and oxygen atoms in total. The maximum Gasteiger partial charge on any atom is 0.0644 e. The molecule has 0 saturated heterocycles. The van der Waals surface area contributed by atoms with E-state index in [1.54, 1.807) is 0 Å². The number of aliphatic hydroxyl groups is 1. The van der Waals surface area contributed by atoms with Crippen molar-refractivity contribution in [3.8, 4) is 0 Å². The molecule has 4 heteroatoms. The van der Waals surface area contributed by atoms with Crippen LogP contribution in [-0.2, 0) is 19.5 Å². The zero-order valence-corrected chi connectivity index (χ0v) is 14.8. The van der Waals surface area contributed by atoms with Crippen molar-refractivity contribution in [2.24, 2.45) is 5.92 Å². The molecule has 24 heavy (non-hydrogen) atoms. The molecule has 0 spiro atoms. The number of hydrogen-bond donors (Lipinski definition) is 2. The second-order valence-corrected chi connectivity index (χ2v) is 6.96. The van der Waals surface area contributed by atoms with Gasteiger partial charge in [-0.2, -0.15) is 5.10 Å². The van der Waals surface area contributed by atoms with Crippen LogP contribution >= 0.6 is 0 Å². The van der Waals surface area contributed by atoms with Gasteiger partial charge in [0.05, 0.1) is 18.8 Å². The van der Waals surface area contributed by atoms with E-state index >= 15 is 0 Å². The van der Waals surface area contributed by atoms with Crippen LogP contribution in [0.15, 0.2) is 30.3 Å². The van der Waals surface area contributed by atoms with Crippen molar-refractivity contribution < 1.29 is 5.11 Å². The number of aliphatic hydroxyl groups excluding tert-OH is 1. The Balaban J connectivity index is 1.61. The van der Waals surface area contributed by atoms with Crippen LogP contribution in [0.3, 0.4) is 0 Å². The van der Waals surface area contributed by atoms with Crippen molar-refractivity contribution in [1.29, 1.82) is 0 Å². The first-order valence-electron chi connectivity index (χ1n) is 9.10. The standard InChI is InChI=1S/C20H29N3O/c1-15-19(16(2)23(22-15)11-12-24)14-21-20-10-6-9-18(20)13-17-7-4-3-5-8-17/h3-5,7-8,18,20-21,24H,6,9-14H2,1-2H3. The molecular formula is C20H29N3O. The van der Waals surface area contributed by atoms with Gasteiger partial charge < -0.3 is 10.4 Å². The zero-order chi connectivity index (χ0) is 16.9. The molecule has 1 aliphatic carbocycles. The van der Waals surface area contributed by atoms with E-state index in [0.29, 0.717) is 12.6 Å². The first kappa shape index (κ1) is 17.2. The molecule has 2 N–H and O–H groups in total. The van der Waals surface area contributed by atoms with Crippen LogP contribution in [0.25, 0.3) is 0 Å². The number of aryl methyl sites for hydroxylation is 1. The van der Waals surface area contributed by atoms with Gasteiger partial charge in [-0.15, -0.1) is 0 Å². The molecule has 0 amide bonds. The number of hydrogen-bond acceptors (Lipinski definition) is 3. The molecule has 3 rings (SSSR count). The molecule has 2 atom stereocenters. The average molecular weight is 327 g/mol. The summed E-state index contributed by atoms with van der Waals surface area (Å²) in [7, 11) is 0. The van der Waals surface area contributed by atoms with Crippen LogP contribution < -0.4 is 5.32 Å². The molecular weight excluding hydrogens is 298 g/mol. The molecule has 1 aliphatic rings. The first-order chi connectivity index (χ1) is 11.7. The van der Waals surface area contributed by atoms with Crippen LogP contribution in [0.4, 0.5) is 0 Å². The minimum atomic E-state index is 0.136. The lowest BCUT2D eigenvalue weighted by Gasteiger charge is -2.21. The highest BCUT2D eigenvalue weighted by Gasteiger charge is 2.27. The number of nitrogens with zero attached hydrogens (tertiary/aromatic N) is 2. The topological polar surface area (TPSA) is 50.1 Å². The van der Waals surface area contributed by atoms with Crippen LogP contribution in [-0.4, -0.2) is 27.5 Å². The number of aromatic nitrogens is 2. The summed E-state index contributed by atoms with van der Waals surface area (Å²) in [6.07, 6.45) is 5.06. The van der Waals surface area contributed by atoms with Crippen molar-refractivity contribution in [2.45, 2.75) is 58.7 Å². The minimum absolute atomic E-state index is 0.136. The van der Waals surface area contributed by atoms with Gasteiger partial charge in [-0.25, -0.2) is 0 Å². The van der Waals surface area contributed by atoms with Crippen LogP contribution in [0.2, 0.25) is 0 Å². The van der Waals surface area contributed by atoms with Crippen LogP contribution in [0.1, 0.15) is 41.8 Å². The molecule has 0 aliphatic heterocycles. The van der Waals surface area contributed by atoms with Gasteiger partial charge in [-0.3, -0.25) is 4.68 Å². The van der Waals surface area contributed by atoms with E-state index in [2.05, 4.69) is 54.6 Å². The lowest BCUT2D eigenvalue weighted by atomic mass is 9.94. The van der Waals surface area contributed by atoms with E-state index in [4.69, 9.17) is 5.11 Å². The smallest absolute Gasteiger partial charge is 0.0644 e. The summed E-state index contributed by atoms with van der Waals surface area (Å²) in [6, 6.07) is 11.4. The van der Waals surface area contributed by atoms with Crippen molar-refractivity contribution in [3.63, 3.8) is 0 Å². The monoisotopic (exact) mass is 327 g/mol. The van der Waals surface area contributed by atoms with Gasteiger partial charge in [0.15, 0.2) is 0 Å². The van der Waals surface area contributed by atoms with Crippen molar-refractivity contribution in [1.82, 2.24) is 15.1 Å². The molecule has 1 saturated carbocycles. The highest BCUT2D eigenvalue weighted by atomic mass is 16.3. The quantitative estimate of drug-likeness (QED) is 0.822. The predicted octanol–water partition coefficient (Wildman–Crippen LogP) is 2.99. The summed E-state index contributed by atoms with van der Waals surface area (Å²) >= 11 is 0. The van der Waals surface area contributed by atoms with Crippen molar-refractivity contribution in [3.05, 3.63) is 52.8 Å². The van der Waals surface area contributed by atoms with Gasteiger partial charge in [0.25, 0.3) is 0 Å². The maximum atomic E-state index is 9.15. The van der Waals surface area contributed by atoms with E-state index in [1.165, 1.54) is 42.5 Å². The van der Waals surface area contributed by atoms with Gasteiger partial charge >= 0.3 is 0 Å². The molecule has 0 bridgehead atoms. The summed E-state index contributed by atoms with van der Waals surface area (Å²) in [5.41, 5.74) is 4.98. The van der Waals surface area contributed by atoms with Crippen LogP contribution in [0.5, 0.6) is 0 Å². The molecule has 2 aromatic rings. The predicted molar refractivity (Wildman–Crippen MR) is 96.9 cm³/mol. The van der Waals surface area contributed by atoms with Gasteiger partial charge in [0, 0.05) is 23.8 Å². The highest BCUT2D eigenvalue weighted by molar-refractivity contribution is 5.24. The fraction of sp³-hybridized carbons (Fsp3) is 0.550. The summed E-state index contributed by atoms with van der Waals surface area (Å²) in [6.45, 7) is 5.75. The molecule has 1 aromatic heterocycles. The normalized spacial score (nSPS) is 20.6. The molecule has 2 unspecified atom stereocenters. The van der Waals surface area contributed by atoms with E-state index in [1.807, 2.05) is 4.68 Å². The van der Waals surface area contributed by atoms with Crippen molar-refractivity contribution >= 4 is 0 Å². The first-order valence-corrected chi connectivity index (χ1v) is 9.10. The van der Waals surface area contributed by atoms with Gasteiger partial charge in [-0.1, -0.05) is 36.8 Å². The number of nitrogens with one attached hydrogen (secondary N) is 1. The van der Waals surface area contributed by atoms with Crippen LogP contribution in [0, 0.1) is 19.8 Å². The van der Waals surface area contributed by atoms with Gasteiger partial charge in [0.1, 0.15) is 0 Å². The third-order valence-electron chi connectivity index (χ3n) is 5.38. The Kier molecular flexibility index (Phi) is 5.69. The molecule has 130 valence electrons. The second kappa shape index (κ2) is 7.95. The zero-order valence-electron chi connectivity index (χ0n) is 14.8. The third-order valence-corrected chi connectivity index (χ3v) is 5.38. The lowest BCUT2D eigenvalue weighted by molar-refractivity contribution is 0.267. The molecule has 0 radical (unpaired) electrons. The maximum absolute atomic E-state index is 9.15. The van der Waals surface area contributed by atoms with Gasteiger partial charge in [-0.05, 0) is 44.6 Å². The third kappa shape index (κ3) is 3.87. The Morgan fingerprint density at radius 1 is 1.21 bits per heavy atom. The second-order valence-electron chi connectivity index (χ2n) is 6.96. The SMILES string of the molecule is Cc1nn(CCO)c(C)c1CNC1CCCC1Cc1ccccc1. The fourth-order valence-corrected chi connectivity index (χ4v) is 4.00. The number of rotatable bonds is 7. The number of benzene rings is 1. The van der Waals surface area contributed by atoms with E-state index in [0.717, 1.165) is 18.2 Å². The fourth-order valence-electron chi connectivity index (χ4n) is 4.00. The largest absolute Gasteiger partial charge is 0.394 e. The molecule has 1 fully saturated rings. The highest BCUT2D eigenvalue weighted by Crippen LogP contribution is 2.29. The molecule has 1 heterocycles. The van der Waals surface area contributed by atoms with E-state index in [9.17, 15) is 0 Å².